The van der Waals surface area contributed by atoms with Crippen molar-refractivity contribution in [3.63, 3.8) is 0 Å². The number of hydrogen-bond donors (Lipinski definition) is 2. The van der Waals surface area contributed by atoms with E-state index < -0.39 is 0 Å². The van der Waals surface area contributed by atoms with Crippen LogP contribution in [0.1, 0.15) is 43.7 Å². The molecule has 2 amide bonds. The summed E-state index contributed by atoms with van der Waals surface area (Å²) in [7, 11) is 0. The lowest BCUT2D eigenvalue weighted by Gasteiger charge is -2.14. The van der Waals surface area contributed by atoms with E-state index in [0.717, 1.165) is 22.2 Å². The van der Waals surface area contributed by atoms with Crippen LogP contribution in [0.25, 0.3) is 16.5 Å². The molecule has 0 saturated carbocycles. The summed E-state index contributed by atoms with van der Waals surface area (Å²) in [6.45, 7) is 8.26. The number of benzene rings is 3. The molecule has 3 aromatic carbocycles. The van der Waals surface area contributed by atoms with Crippen LogP contribution in [0.15, 0.2) is 72.8 Å². The predicted octanol–water partition coefficient (Wildman–Crippen LogP) is 6.14. The van der Waals surface area contributed by atoms with Crippen LogP contribution in [0.4, 0.5) is 16.3 Å². The van der Waals surface area contributed by atoms with Gasteiger partial charge in [-0.25, -0.2) is 14.3 Å². The fourth-order valence-corrected chi connectivity index (χ4v) is 3.59. The topological polar surface area (TPSA) is 85.2 Å². The molecule has 0 bridgehead atoms. The lowest BCUT2D eigenvalue weighted by molar-refractivity contribution is 0.0526. The van der Waals surface area contributed by atoms with Gasteiger partial charge in [0.25, 0.3) is 0 Å². The van der Waals surface area contributed by atoms with Crippen molar-refractivity contribution in [2.45, 2.75) is 33.1 Å². The van der Waals surface area contributed by atoms with Gasteiger partial charge in [0.1, 0.15) is 5.82 Å². The Morgan fingerprint density at radius 1 is 0.941 bits per heavy atom. The Labute approximate surface area is 198 Å². The summed E-state index contributed by atoms with van der Waals surface area (Å²) in [6, 6.07) is 22.1. The number of urea groups is 1. The Morgan fingerprint density at radius 3 is 2.35 bits per heavy atom. The van der Waals surface area contributed by atoms with Gasteiger partial charge in [0.15, 0.2) is 0 Å². The van der Waals surface area contributed by atoms with Crippen LogP contribution in [-0.2, 0) is 10.2 Å². The van der Waals surface area contributed by atoms with Crippen LogP contribution >= 0.6 is 0 Å². The van der Waals surface area contributed by atoms with Crippen molar-refractivity contribution in [1.29, 1.82) is 0 Å². The number of nitrogens with zero attached hydrogens (tertiary/aromatic N) is 2. The van der Waals surface area contributed by atoms with Crippen molar-refractivity contribution in [3.05, 3.63) is 84.1 Å². The first-order chi connectivity index (χ1) is 16.3. The fraction of sp³-hybridized carbons (Fsp3) is 0.222. The molecule has 0 aliphatic rings. The molecule has 0 fully saturated rings. The number of nitrogens with one attached hydrogen (secondary N) is 2. The second-order valence-electron chi connectivity index (χ2n) is 8.95. The van der Waals surface area contributed by atoms with Crippen LogP contribution in [0.5, 0.6) is 0 Å². The Kier molecular flexibility index (Phi) is 6.36. The number of esters is 1. The predicted molar refractivity (Wildman–Crippen MR) is 135 cm³/mol. The maximum atomic E-state index is 13.0. The van der Waals surface area contributed by atoms with Crippen LogP contribution < -0.4 is 10.6 Å². The van der Waals surface area contributed by atoms with E-state index in [1.807, 2.05) is 48.5 Å². The average Bonchev–Trinajstić information content (AvgIpc) is 3.24. The van der Waals surface area contributed by atoms with E-state index in [9.17, 15) is 9.59 Å². The van der Waals surface area contributed by atoms with E-state index in [0.29, 0.717) is 23.7 Å². The first-order valence-electron chi connectivity index (χ1n) is 11.2. The summed E-state index contributed by atoms with van der Waals surface area (Å²) in [5.74, 6) is 0.143. The normalized spacial score (nSPS) is 11.3. The third-order valence-corrected chi connectivity index (χ3v) is 5.38. The molecule has 1 aromatic heterocycles. The number of amides is 2. The first kappa shape index (κ1) is 23.0. The molecule has 0 saturated heterocycles. The molecule has 7 nitrogen and oxygen atoms in total. The molecule has 34 heavy (non-hydrogen) atoms. The van der Waals surface area contributed by atoms with E-state index in [1.54, 1.807) is 35.9 Å². The van der Waals surface area contributed by atoms with E-state index in [1.165, 1.54) is 0 Å². The van der Waals surface area contributed by atoms with Crippen molar-refractivity contribution >= 4 is 34.3 Å². The monoisotopic (exact) mass is 456 g/mol. The highest BCUT2D eigenvalue weighted by Crippen LogP contribution is 2.27. The van der Waals surface area contributed by atoms with Gasteiger partial charge in [-0.15, -0.1) is 0 Å². The third-order valence-electron chi connectivity index (χ3n) is 5.38. The lowest BCUT2D eigenvalue weighted by atomic mass is 9.92. The molecule has 0 spiro atoms. The van der Waals surface area contributed by atoms with Gasteiger partial charge in [-0.05, 0) is 42.6 Å². The van der Waals surface area contributed by atoms with Gasteiger partial charge in [0, 0.05) is 16.9 Å². The number of aromatic nitrogens is 2. The minimum Gasteiger partial charge on any atom is -0.462 e. The molecule has 0 atom stereocenters. The number of anilines is 2. The van der Waals surface area contributed by atoms with Crippen LogP contribution in [0.2, 0.25) is 0 Å². The van der Waals surface area contributed by atoms with Crippen molar-refractivity contribution in [2.75, 3.05) is 17.2 Å². The molecule has 4 aromatic rings. The molecule has 174 valence electrons. The Hall–Kier alpha value is -4.13. The van der Waals surface area contributed by atoms with E-state index in [4.69, 9.17) is 9.84 Å². The Balaban J connectivity index is 1.63. The zero-order valence-corrected chi connectivity index (χ0v) is 19.8. The van der Waals surface area contributed by atoms with Crippen molar-refractivity contribution < 1.29 is 14.3 Å². The second kappa shape index (κ2) is 9.39. The highest BCUT2D eigenvalue weighted by atomic mass is 16.5. The summed E-state index contributed by atoms with van der Waals surface area (Å²) < 4.78 is 6.72. The lowest BCUT2D eigenvalue weighted by Crippen LogP contribution is -2.21. The van der Waals surface area contributed by atoms with Crippen molar-refractivity contribution in [3.8, 4) is 5.69 Å². The molecule has 7 heteroatoms. The molecule has 0 aliphatic heterocycles. The Bertz CT molecular complexity index is 1330. The number of rotatable bonds is 5. The van der Waals surface area contributed by atoms with E-state index in [-0.39, 0.29) is 17.4 Å². The van der Waals surface area contributed by atoms with Gasteiger partial charge in [0.2, 0.25) is 0 Å². The van der Waals surface area contributed by atoms with Crippen molar-refractivity contribution in [1.82, 2.24) is 9.78 Å². The minimum absolute atomic E-state index is 0.224. The summed E-state index contributed by atoms with van der Waals surface area (Å²) >= 11 is 0. The average molecular weight is 457 g/mol. The number of carbonyl (C=O) groups excluding carboxylic acids is 2. The molecule has 4 rings (SSSR count). The third kappa shape index (κ3) is 4.93. The highest BCUT2D eigenvalue weighted by molar-refractivity contribution is 6.06. The molecular weight excluding hydrogens is 428 g/mol. The molecule has 0 aliphatic carbocycles. The zero-order valence-electron chi connectivity index (χ0n) is 19.8. The summed E-state index contributed by atoms with van der Waals surface area (Å²) in [5.41, 5.74) is 2.48. The van der Waals surface area contributed by atoms with Gasteiger partial charge in [-0.3, -0.25) is 5.32 Å². The molecule has 0 radical (unpaired) electrons. The molecular formula is C27H28N4O3. The summed E-state index contributed by atoms with van der Waals surface area (Å²) in [4.78, 5) is 25.0. The maximum Gasteiger partial charge on any atom is 0.338 e. The molecule has 1 heterocycles. The van der Waals surface area contributed by atoms with Gasteiger partial charge < -0.3 is 10.1 Å². The van der Waals surface area contributed by atoms with Crippen LogP contribution in [0.3, 0.4) is 0 Å². The summed E-state index contributed by atoms with van der Waals surface area (Å²) in [6.07, 6.45) is 0. The zero-order chi connectivity index (χ0) is 24.3. The standard InChI is InChI=1S/C27H28N4O3/c1-5-34-25(32)19-13-15-20(16-14-19)31-24(17-23(30-31)27(2,3)4)29-26(33)28-22-12-8-10-18-9-6-7-11-21(18)22/h6-17H,5H2,1-4H3,(H2,28,29,33). The van der Waals surface area contributed by atoms with Crippen LogP contribution in [0, 0.1) is 0 Å². The largest absolute Gasteiger partial charge is 0.462 e. The summed E-state index contributed by atoms with van der Waals surface area (Å²) in [5, 5.41) is 12.6. The van der Waals surface area contributed by atoms with Gasteiger partial charge in [-0.1, -0.05) is 57.2 Å². The van der Waals surface area contributed by atoms with Gasteiger partial charge >= 0.3 is 12.0 Å². The number of fused-ring (bicyclic) bond motifs is 1. The SMILES string of the molecule is CCOC(=O)c1ccc(-n2nc(C(C)(C)C)cc2NC(=O)Nc2cccc3ccccc23)cc1. The highest BCUT2D eigenvalue weighted by Gasteiger charge is 2.22. The molecule has 0 unspecified atom stereocenters. The number of hydrogen-bond acceptors (Lipinski definition) is 4. The first-order valence-corrected chi connectivity index (χ1v) is 11.2. The van der Waals surface area contributed by atoms with E-state index >= 15 is 0 Å². The van der Waals surface area contributed by atoms with Gasteiger partial charge in [0.05, 0.1) is 29.2 Å². The number of ether oxygens (including phenoxy) is 1. The second-order valence-corrected chi connectivity index (χ2v) is 8.95. The minimum atomic E-state index is -0.377. The molecule has 2 N–H and O–H groups in total. The fourth-order valence-electron chi connectivity index (χ4n) is 3.59. The van der Waals surface area contributed by atoms with Crippen molar-refractivity contribution in [2.24, 2.45) is 0 Å². The maximum absolute atomic E-state index is 13.0. The van der Waals surface area contributed by atoms with Gasteiger partial charge in [-0.2, -0.15) is 5.10 Å². The quantitative estimate of drug-likeness (QED) is 0.353. The van der Waals surface area contributed by atoms with E-state index in [2.05, 4.69) is 31.4 Å². The van der Waals surface area contributed by atoms with Crippen LogP contribution in [-0.4, -0.2) is 28.4 Å². The smallest absolute Gasteiger partial charge is 0.338 e. The number of carbonyl (C=O) groups is 2. The Morgan fingerprint density at radius 2 is 1.65 bits per heavy atom.